The molecular formula is C16H16N4O4. The Morgan fingerprint density at radius 2 is 2.21 bits per heavy atom. The summed E-state index contributed by atoms with van der Waals surface area (Å²) in [6.07, 6.45) is 3.06. The van der Waals surface area contributed by atoms with Gasteiger partial charge in [-0.3, -0.25) is 4.79 Å². The summed E-state index contributed by atoms with van der Waals surface area (Å²) in [6.45, 7) is 0.472. The molecule has 0 spiro atoms. The molecule has 2 aromatic heterocycles. The summed E-state index contributed by atoms with van der Waals surface area (Å²) in [4.78, 5) is 16.1. The Morgan fingerprint density at radius 1 is 1.29 bits per heavy atom. The summed E-state index contributed by atoms with van der Waals surface area (Å²) in [5.41, 5.74) is 1.97. The number of anilines is 1. The molecular weight excluding hydrogens is 312 g/mol. The SMILES string of the molecule is O=C(NCCO)c1cccc(NCc2noc(-c3ccoc3)n2)c1. The molecule has 2 heterocycles. The smallest absolute Gasteiger partial charge is 0.261 e. The molecule has 1 aromatic carbocycles. The molecule has 0 radical (unpaired) electrons. The predicted octanol–water partition coefficient (Wildman–Crippen LogP) is 1.66. The molecule has 1 amide bonds. The van der Waals surface area contributed by atoms with E-state index in [9.17, 15) is 4.79 Å². The fraction of sp³-hybridized carbons (Fsp3) is 0.188. The van der Waals surface area contributed by atoms with Crippen molar-refractivity contribution in [1.29, 1.82) is 0 Å². The van der Waals surface area contributed by atoms with E-state index < -0.39 is 0 Å². The fourth-order valence-corrected chi connectivity index (χ4v) is 2.05. The number of carbonyl (C=O) groups is 1. The molecule has 124 valence electrons. The standard InChI is InChI=1S/C16H16N4O4/c21-6-5-17-15(22)11-2-1-3-13(8-11)18-9-14-19-16(24-20-14)12-4-7-23-10-12/h1-4,7-8,10,18,21H,5-6,9H2,(H,17,22). The van der Waals surface area contributed by atoms with Gasteiger partial charge in [0.2, 0.25) is 0 Å². The van der Waals surface area contributed by atoms with Crippen LogP contribution < -0.4 is 10.6 Å². The van der Waals surface area contributed by atoms with Crippen molar-refractivity contribution in [1.82, 2.24) is 15.5 Å². The summed E-state index contributed by atoms with van der Waals surface area (Å²) < 4.78 is 10.1. The van der Waals surface area contributed by atoms with E-state index >= 15 is 0 Å². The van der Waals surface area contributed by atoms with E-state index in [1.165, 1.54) is 12.5 Å². The summed E-state index contributed by atoms with van der Waals surface area (Å²) >= 11 is 0. The zero-order valence-corrected chi connectivity index (χ0v) is 12.7. The number of aliphatic hydroxyl groups is 1. The van der Waals surface area contributed by atoms with Crippen LogP contribution in [0.4, 0.5) is 5.69 Å². The van der Waals surface area contributed by atoms with Crippen molar-refractivity contribution in [3.63, 3.8) is 0 Å². The number of amides is 1. The van der Waals surface area contributed by atoms with Gasteiger partial charge in [-0.2, -0.15) is 4.98 Å². The first-order valence-electron chi connectivity index (χ1n) is 7.34. The van der Waals surface area contributed by atoms with Crippen molar-refractivity contribution < 1.29 is 18.8 Å². The summed E-state index contributed by atoms with van der Waals surface area (Å²) in [7, 11) is 0. The van der Waals surface area contributed by atoms with E-state index in [1.807, 2.05) is 6.07 Å². The van der Waals surface area contributed by atoms with E-state index in [0.717, 1.165) is 11.3 Å². The van der Waals surface area contributed by atoms with Crippen molar-refractivity contribution in [2.45, 2.75) is 6.54 Å². The highest BCUT2D eigenvalue weighted by Crippen LogP contribution is 2.17. The first-order chi connectivity index (χ1) is 11.8. The number of hydrogen-bond donors (Lipinski definition) is 3. The highest BCUT2D eigenvalue weighted by molar-refractivity contribution is 5.95. The lowest BCUT2D eigenvalue weighted by Crippen LogP contribution is -2.26. The van der Waals surface area contributed by atoms with Crippen LogP contribution in [0.25, 0.3) is 11.5 Å². The molecule has 8 heteroatoms. The van der Waals surface area contributed by atoms with E-state index in [0.29, 0.717) is 23.8 Å². The molecule has 0 aliphatic carbocycles. The first kappa shape index (κ1) is 15.8. The van der Waals surface area contributed by atoms with Crippen LogP contribution in [0.5, 0.6) is 0 Å². The highest BCUT2D eigenvalue weighted by Gasteiger charge is 2.10. The minimum Gasteiger partial charge on any atom is -0.472 e. The van der Waals surface area contributed by atoms with Gasteiger partial charge in [0.05, 0.1) is 25.0 Å². The van der Waals surface area contributed by atoms with E-state index in [-0.39, 0.29) is 19.1 Å². The van der Waals surface area contributed by atoms with E-state index in [4.69, 9.17) is 14.0 Å². The lowest BCUT2D eigenvalue weighted by atomic mass is 10.2. The monoisotopic (exact) mass is 328 g/mol. The van der Waals surface area contributed by atoms with Crippen molar-refractivity contribution in [2.24, 2.45) is 0 Å². The molecule has 0 saturated carbocycles. The number of aromatic nitrogens is 2. The minimum atomic E-state index is -0.241. The topological polar surface area (TPSA) is 113 Å². The number of benzene rings is 1. The van der Waals surface area contributed by atoms with E-state index in [1.54, 1.807) is 24.3 Å². The number of nitrogens with one attached hydrogen (secondary N) is 2. The third kappa shape index (κ3) is 3.79. The van der Waals surface area contributed by atoms with Gasteiger partial charge < -0.3 is 24.7 Å². The Kier molecular flexibility index (Phi) is 4.87. The minimum absolute atomic E-state index is 0.0967. The third-order valence-electron chi connectivity index (χ3n) is 3.21. The van der Waals surface area contributed by atoms with Crippen LogP contribution in [0.2, 0.25) is 0 Å². The number of hydrogen-bond acceptors (Lipinski definition) is 7. The molecule has 0 aliphatic rings. The normalized spacial score (nSPS) is 10.5. The quantitative estimate of drug-likeness (QED) is 0.604. The second kappa shape index (κ2) is 7.42. The van der Waals surface area contributed by atoms with Gasteiger partial charge in [0.1, 0.15) is 6.26 Å². The molecule has 0 unspecified atom stereocenters. The number of carbonyl (C=O) groups excluding carboxylic acids is 1. The average Bonchev–Trinajstić information content (AvgIpc) is 3.29. The van der Waals surface area contributed by atoms with Crippen LogP contribution in [-0.2, 0) is 6.54 Å². The summed E-state index contributed by atoms with van der Waals surface area (Å²) in [5.74, 6) is 0.633. The highest BCUT2D eigenvalue weighted by atomic mass is 16.5. The third-order valence-corrected chi connectivity index (χ3v) is 3.21. The Morgan fingerprint density at radius 3 is 3.00 bits per heavy atom. The largest absolute Gasteiger partial charge is 0.472 e. The molecule has 3 N–H and O–H groups in total. The second-order valence-electron chi connectivity index (χ2n) is 4.94. The summed E-state index contributed by atoms with van der Waals surface area (Å²) in [5, 5.41) is 18.4. The maximum absolute atomic E-state index is 11.9. The van der Waals surface area contributed by atoms with Crippen molar-refractivity contribution in [2.75, 3.05) is 18.5 Å². The number of aliphatic hydroxyl groups excluding tert-OH is 1. The van der Waals surface area contributed by atoms with Gasteiger partial charge in [-0.05, 0) is 24.3 Å². The summed E-state index contributed by atoms with van der Waals surface area (Å²) in [6, 6.07) is 8.75. The Hall–Kier alpha value is -3.13. The maximum Gasteiger partial charge on any atom is 0.261 e. The van der Waals surface area contributed by atoms with Crippen LogP contribution in [0.15, 0.2) is 51.8 Å². The molecule has 3 aromatic rings. The van der Waals surface area contributed by atoms with Gasteiger partial charge >= 0.3 is 0 Å². The lowest BCUT2D eigenvalue weighted by Gasteiger charge is -2.07. The Bertz CT molecular complexity index is 798. The van der Waals surface area contributed by atoms with Crippen molar-refractivity contribution in [3.05, 3.63) is 54.2 Å². The van der Waals surface area contributed by atoms with E-state index in [2.05, 4.69) is 20.8 Å². The molecule has 24 heavy (non-hydrogen) atoms. The molecule has 0 aliphatic heterocycles. The van der Waals surface area contributed by atoms with Crippen LogP contribution in [0.1, 0.15) is 16.2 Å². The second-order valence-corrected chi connectivity index (χ2v) is 4.94. The Labute approximate surface area is 137 Å². The predicted molar refractivity (Wildman–Crippen MR) is 85.2 cm³/mol. The maximum atomic E-state index is 11.9. The van der Waals surface area contributed by atoms with Crippen molar-refractivity contribution in [3.8, 4) is 11.5 Å². The van der Waals surface area contributed by atoms with Gasteiger partial charge in [0.25, 0.3) is 11.8 Å². The molecule has 0 bridgehead atoms. The fourth-order valence-electron chi connectivity index (χ4n) is 2.05. The van der Waals surface area contributed by atoms with Crippen LogP contribution >= 0.6 is 0 Å². The molecule has 0 fully saturated rings. The van der Waals surface area contributed by atoms with Crippen LogP contribution in [-0.4, -0.2) is 34.3 Å². The van der Waals surface area contributed by atoms with Gasteiger partial charge in [-0.1, -0.05) is 11.2 Å². The molecule has 3 rings (SSSR count). The zero-order chi connectivity index (χ0) is 16.8. The number of furan rings is 1. The van der Waals surface area contributed by atoms with Crippen molar-refractivity contribution >= 4 is 11.6 Å². The zero-order valence-electron chi connectivity index (χ0n) is 12.7. The first-order valence-corrected chi connectivity index (χ1v) is 7.34. The average molecular weight is 328 g/mol. The van der Waals surface area contributed by atoms with Gasteiger partial charge in [-0.15, -0.1) is 0 Å². The number of nitrogens with zero attached hydrogens (tertiary/aromatic N) is 2. The molecule has 8 nitrogen and oxygen atoms in total. The molecule has 0 saturated heterocycles. The van der Waals surface area contributed by atoms with Crippen LogP contribution in [0.3, 0.4) is 0 Å². The Balaban J connectivity index is 1.61. The van der Waals surface area contributed by atoms with Crippen LogP contribution in [0, 0.1) is 0 Å². The van der Waals surface area contributed by atoms with Gasteiger partial charge in [0.15, 0.2) is 5.82 Å². The number of rotatable bonds is 7. The van der Waals surface area contributed by atoms with Gasteiger partial charge in [-0.25, -0.2) is 0 Å². The lowest BCUT2D eigenvalue weighted by molar-refractivity contribution is 0.0945. The molecule has 0 atom stereocenters. The van der Waals surface area contributed by atoms with Gasteiger partial charge in [0, 0.05) is 17.8 Å².